The van der Waals surface area contributed by atoms with Crippen LogP contribution in [0.15, 0.2) is 23.2 Å². The molecule has 2 unspecified atom stereocenters. The fraction of sp³-hybridized carbons (Fsp3) is 0.682. The molecular weight excluding hydrogens is 529 g/mol. The summed E-state index contributed by atoms with van der Waals surface area (Å²) in [6.07, 6.45) is 2.52. The predicted molar refractivity (Wildman–Crippen MR) is 137 cm³/mol. The largest absolute Gasteiger partial charge is 0.375 e. The molecule has 4 rings (SSSR count). The smallest absolute Gasteiger partial charge is 0.194 e. The zero-order chi connectivity index (χ0) is 20.9. The number of likely N-dealkylation sites (N-methyl/N-ethyl adjacent to an activating group) is 1. The van der Waals surface area contributed by atoms with Crippen molar-refractivity contribution in [3.05, 3.63) is 28.8 Å². The van der Waals surface area contributed by atoms with Crippen LogP contribution in [0, 0.1) is 0 Å². The quantitative estimate of drug-likeness (QED) is 0.346. The minimum atomic E-state index is 0. The first-order chi connectivity index (χ1) is 14.7. The second kappa shape index (κ2) is 11.9. The van der Waals surface area contributed by atoms with Crippen molar-refractivity contribution in [2.45, 2.75) is 31.6 Å². The highest BCUT2D eigenvalue weighted by molar-refractivity contribution is 14.0. The first kappa shape index (κ1) is 24.8. The van der Waals surface area contributed by atoms with Gasteiger partial charge in [0.1, 0.15) is 6.10 Å². The number of hydrogen-bond donors (Lipinski definition) is 1. The zero-order valence-corrected chi connectivity index (χ0v) is 21.6. The van der Waals surface area contributed by atoms with Crippen molar-refractivity contribution in [1.82, 2.24) is 15.1 Å². The molecular formula is C22H35ClIN5O2. The first-order valence-corrected chi connectivity index (χ1v) is 11.4. The van der Waals surface area contributed by atoms with Crippen LogP contribution in [0.25, 0.3) is 0 Å². The third kappa shape index (κ3) is 6.16. The highest BCUT2D eigenvalue weighted by atomic mass is 127. The molecule has 3 aliphatic rings. The first-order valence-electron chi connectivity index (χ1n) is 11.1. The number of halogens is 2. The van der Waals surface area contributed by atoms with Gasteiger partial charge in [-0.15, -0.1) is 24.0 Å². The average molecular weight is 564 g/mol. The van der Waals surface area contributed by atoms with Crippen molar-refractivity contribution in [1.29, 1.82) is 0 Å². The summed E-state index contributed by atoms with van der Waals surface area (Å²) in [6, 6.07) is 6.20. The molecule has 3 saturated heterocycles. The van der Waals surface area contributed by atoms with E-state index < -0.39 is 0 Å². The van der Waals surface area contributed by atoms with E-state index in [9.17, 15) is 0 Å². The van der Waals surface area contributed by atoms with Crippen LogP contribution >= 0.6 is 35.6 Å². The van der Waals surface area contributed by atoms with Crippen LogP contribution in [0.3, 0.4) is 0 Å². The zero-order valence-electron chi connectivity index (χ0n) is 18.6. The Balaban J connectivity index is 0.00000272. The standard InChI is InChI=1S/C22H34ClN5O2.HI/c1-24-22(28-12-14-30-21(16-28)20-7-4-13-29-20)25-15-17-18(23)5-3-6-19(17)27-10-8-26(2)9-11-27;/h3,5-6,20-21H,4,7-16H2,1-2H3,(H,24,25);1H. The maximum Gasteiger partial charge on any atom is 0.194 e. The van der Waals surface area contributed by atoms with Gasteiger partial charge in [0.15, 0.2) is 5.96 Å². The van der Waals surface area contributed by atoms with Crippen LogP contribution in [0.2, 0.25) is 5.02 Å². The van der Waals surface area contributed by atoms with E-state index in [1.807, 2.05) is 19.2 Å². The van der Waals surface area contributed by atoms with E-state index >= 15 is 0 Å². The summed E-state index contributed by atoms with van der Waals surface area (Å²) in [5.41, 5.74) is 2.35. The molecule has 7 nitrogen and oxygen atoms in total. The lowest BCUT2D eigenvalue weighted by molar-refractivity contribution is -0.0817. The summed E-state index contributed by atoms with van der Waals surface area (Å²) >= 11 is 6.63. The molecule has 0 spiro atoms. The Morgan fingerprint density at radius 1 is 1.13 bits per heavy atom. The van der Waals surface area contributed by atoms with E-state index in [4.69, 9.17) is 21.1 Å². The van der Waals surface area contributed by atoms with Crippen LogP contribution < -0.4 is 10.2 Å². The molecule has 0 aromatic heterocycles. The van der Waals surface area contributed by atoms with Gasteiger partial charge in [-0.3, -0.25) is 4.99 Å². The molecule has 9 heteroatoms. The lowest BCUT2D eigenvalue weighted by Crippen LogP contribution is -2.53. The Kier molecular flexibility index (Phi) is 9.51. The molecule has 3 fully saturated rings. The number of hydrogen-bond acceptors (Lipinski definition) is 5. The third-order valence-corrected chi connectivity index (χ3v) is 6.70. The highest BCUT2D eigenvalue weighted by Crippen LogP contribution is 2.28. The van der Waals surface area contributed by atoms with Crippen molar-refractivity contribution in [3.63, 3.8) is 0 Å². The molecule has 0 aliphatic carbocycles. The highest BCUT2D eigenvalue weighted by Gasteiger charge is 2.32. The molecule has 31 heavy (non-hydrogen) atoms. The normalized spacial score (nSPS) is 25.5. The van der Waals surface area contributed by atoms with Gasteiger partial charge < -0.3 is 29.5 Å². The van der Waals surface area contributed by atoms with Crippen LogP contribution in [0.5, 0.6) is 0 Å². The fourth-order valence-corrected chi connectivity index (χ4v) is 4.79. The second-order valence-electron chi connectivity index (χ2n) is 8.34. The van der Waals surface area contributed by atoms with Gasteiger partial charge in [0.25, 0.3) is 0 Å². The minimum Gasteiger partial charge on any atom is -0.375 e. The van der Waals surface area contributed by atoms with Crippen LogP contribution in [-0.4, -0.2) is 94.5 Å². The molecule has 0 amide bonds. The summed E-state index contributed by atoms with van der Waals surface area (Å²) in [4.78, 5) is 11.6. The van der Waals surface area contributed by atoms with Gasteiger partial charge in [-0.05, 0) is 32.0 Å². The summed E-state index contributed by atoms with van der Waals surface area (Å²) in [5, 5.41) is 4.35. The molecule has 174 valence electrons. The lowest BCUT2D eigenvalue weighted by Gasteiger charge is -2.37. The number of piperazine rings is 1. The SMILES string of the molecule is CN=C(NCc1c(Cl)cccc1N1CCN(C)CC1)N1CCOC(C2CCCO2)C1.I. The molecule has 0 bridgehead atoms. The molecule has 1 aromatic rings. The maximum absolute atomic E-state index is 6.63. The molecule has 1 aromatic carbocycles. The number of aliphatic imine (C=N–C) groups is 1. The van der Waals surface area contributed by atoms with Crippen molar-refractivity contribution in [2.24, 2.45) is 4.99 Å². The molecule has 0 saturated carbocycles. The molecule has 3 aliphatic heterocycles. The molecule has 2 atom stereocenters. The van der Waals surface area contributed by atoms with E-state index in [2.05, 4.69) is 38.1 Å². The third-order valence-electron chi connectivity index (χ3n) is 6.35. The Morgan fingerprint density at radius 2 is 1.90 bits per heavy atom. The van der Waals surface area contributed by atoms with Crippen molar-refractivity contribution in [2.75, 3.05) is 71.5 Å². The lowest BCUT2D eigenvalue weighted by atomic mass is 10.1. The summed E-state index contributed by atoms with van der Waals surface area (Å²) in [7, 11) is 4.01. The van der Waals surface area contributed by atoms with Gasteiger partial charge in [-0.2, -0.15) is 0 Å². The van der Waals surface area contributed by atoms with E-state index in [1.165, 1.54) is 5.69 Å². The predicted octanol–water partition coefficient (Wildman–Crippen LogP) is 2.67. The fourth-order valence-electron chi connectivity index (χ4n) is 4.55. The number of anilines is 1. The van der Waals surface area contributed by atoms with Gasteiger partial charge in [0.2, 0.25) is 0 Å². The van der Waals surface area contributed by atoms with E-state index in [-0.39, 0.29) is 36.2 Å². The van der Waals surface area contributed by atoms with Gasteiger partial charge in [-0.25, -0.2) is 0 Å². The van der Waals surface area contributed by atoms with E-state index in [0.29, 0.717) is 13.2 Å². The van der Waals surface area contributed by atoms with Crippen molar-refractivity contribution < 1.29 is 9.47 Å². The second-order valence-corrected chi connectivity index (χ2v) is 8.74. The van der Waals surface area contributed by atoms with Crippen LogP contribution in [0.4, 0.5) is 5.69 Å². The van der Waals surface area contributed by atoms with Gasteiger partial charge in [0.05, 0.1) is 12.7 Å². The topological polar surface area (TPSA) is 52.6 Å². The average Bonchev–Trinajstić information content (AvgIpc) is 3.31. The van der Waals surface area contributed by atoms with Crippen molar-refractivity contribution in [3.8, 4) is 0 Å². The Labute approximate surface area is 208 Å². The van der Waals surface area contributed by atoms with Gasteiger partial charge in [0, 0.05) is 75.7 Å². The summed E-state index contributed by atoms with van der Waals surface area (Å²) < 4.78 is 11.8. The van der Waals surface area contributed by atoms with Gasteiger partial charge >= 0.3 is 0 Å². The van der Waals surface area contributed by atoms with Crippen molar-refractivity contribution >= 4 is 47.2 Å². The Morgan fingerprint density at radius 3 is 2.61 bits per heavy atom. The Hall–Kier alpha value is -0.810. The molecule has 0 radical (unpaired) electrons. The summed E-state index contributed by atoms with van der Waals surface area (Å²) in [5.74, 6) is 0.894. The van der Waals surface area contributed by atoms with Crippen LogP contribution in [0.1, 0.15) is 18.4 Å². The molecule has 1 N–H and O–H groups in total. The number of rotatable bonds is 4. The number of nitrogens with zero attached hydrogens (tertiary/aromatic N) is 4. The van der Waals surface area contributed by atoms with E-state index in [0.717, 1.165) is 75.3 Å². The Bertz CT molecular complexity index is 739. The number of nitrogens with one attached hydrogen (secondary N) is 1. The number of morpholine rings is 1. The maximum atomic E-state index is 6.63. The monoisotopic (exact) mass is 563 g/mol. The number of benzene rings is 1. The molecule has 3 heterocycles. The number of ether oxygens (including phenoxy) is 2. The van der Waals surface area contributed by atoms with Crippen LogP contribution in [-0.2, 0) is 16.0 Å². The van der Waals surface area contributed by atoms with E-state index in [1.54, 1.807) is 0 Å². The minimum absolute atomic E-state index is 0. The summed E-state index contributed by atoms with van der Waals surface area (Å²) in [6.45, 7) is 8.00. The van der Waals surface area contributed by atoms with Gasteiger partial charge in [-0.1, -0.05) is 17.7 Å². The number of guanidine groups is 1.